The van der Waals surface area contributed by atoms with E-state index >= 15 is 0 Å². The Hall–Kier alpha value is -0.450. The van der Waals surface area contributed by atoms with Crippen molar-refractivity contribution in [3.05, 3.63) is 16.6 Å². The number of rotatable bonds is 4. The quantitative estimate of drug-likeness (QED) is 0.850. The zero-order valence-electron chi connectivity index (χ0n) is 8.95. The summed E-state index contributed by atoms with van der Waals surface area (Å²) in [5, 5.41) is 6.85. The highest BCUT2D eigenvalue weighted by molar-refractivity contribution is 7.09. The summed E-state index contributed by atoms with van der Waals surface area (Å²) < 4.78 is 5.43. The van der Waals surface area contributed by atoms with E-state index in [0.717, 1.165) is 32.6 Å². The van der Waals surface area contributed by atoms with Gasteiger partial charge in [-0.15, -0.1) is 11.3 Å². The van der Waals surface area contributed by atoms with E-state index in [1.165, 1.54) is 17.8 Å². The number of nitrogens with zero attached hydrogens (tertiary/aromatic N) is 1. The van der Waals surface area contributed by atoms with E-state index < -0.39 is 0 Å². The summed E-state index contributed by atoms with van der Waals surface area (Å²) in [5.74, 6) is 0. The van der Waals surface area contributed by atoms with Crippen molar-refractivity contribution >= 4 is 11.3 Å². The number of thiazole rings is 1. The molecule has 2 rings (SSSR count). The molecule has 0 spiro atoms. The largest absolute Gasteiger partial charge is 0.381 e. The maximum absolute atomic E-state index is 5.43. The Bertz CT molecular complexity index is 256. The van der Waals surface area contributed by atoms with Gasteiger partial charge < -0.3 is 10.1 Å². The zero-order chi connectivity index (χ0) is 10.3. The average Bonchev–Trinajstić information content (AvgIpc) is 2.62. The van der Waals surface area contributed by atoms with Crippen LogP contribution in [-0.2, 0) is 11.2 Å². The summed E-state index contributed by atoms with van der Waals surface area (Å²) >= 11 is 1.74. The second-order valence-corrected chi connectivity index (χ2v) is 4.85. The maximum Gasteiger partial charge on any atom is 0.0937 e. The fraction of sp³-hybridized carbons (Fsp3) is 0.727. The molecule has 1 aliphatic heterocycles. The molecule has 0 aliphatic carbocycles. The highest BCUT2D eigenvalue weighted by Crippen LogP contribution is 2.09. The fourth-order valence-corrected chi connectivity index (χ4v) is 2.49. The van der Waals surface area contributed by atoms with Crippen LogP contribution < -0.4 is 5.32 Å². The van der Waals surface area contributed by atoms with Crippen molar-refractivity contribution in [3.63, 3.8) is 0 Å². The molecular formula is C11H18N2OS. The second kappa shape index (κ2) is 6.20. The van der Waals surface area contributed by atoms with Crippen molar-refractivity contribution < 1.29 is 4.74 Å². The molecule has 0 amide bonds. The Morgan fingerprint density at radius 2 is 2.47 bits per heavy atom. The van der Waals surface area contributed by atoms with Crippen LogP contribution in [0.5, 0.6) is 0 Å². The molecule has 84 valence electrons. The Kier molecular flexibility index (Phi) is 4.57. The van der Waals surface area contributed by atoms with Gasteiger partial charge in [-0.1, -0.05) is 0 Å². The first kappa shape index (κ1) is 11.0. The maximum atomic E-state index is 5.43. The summed E-state index contributed by atoms with van der Waals surface area (Å²) in [6, 6.07) is 0.646. The van der Waals surface area contributed by atoms with Gasteiger partial charge in [-0.25, -0.2) is 4.98 Å². The molecule has 3 nitrogen and oxygen atoms in total. The number of hydrogen-bond donors (Lipinski definition) is 1. The summed E-state index contributed by atoms with van der Waals surface area (Å²) in [7, 11) is 0. The van der Waals surface area contributed by atoms with E-state index in [2.05, 4.69) is 10.3 Å². The van der Waals surface area contributed by atoms with Crippen LogP contribution in [-0.4, -0.2) is 30.8 Å². The van der Waals surface area contributed by atoms with Crippen LogP contribution in [0.2, 0.25) is 0 Å². The minimum Gasteiger partial charge on any atom is -0.381 e. The Morgan fingerprint density at radius 1 is 1.47 bits per heavy atom. The van der Waals surface area contributed by atoms with Crippen LogP contribution in [0.3, 0.4) is 0 Å². The molecule has 1 unspecified atom stereocenters. The van der Waals surface area contributed by atoms with Crippen molar-refractivity contribution in [2.45, 2.75) is 31.7 Å². The van der Waals surface area contributed by atoms with Gasteiger partial charge in [0.15, 0.2) is 0 Å². The van der Waals surface area contributed by atoms with Gasteiger partial charge in [0, 0.05) is 43.8 Å². The minimum absolute atomic E-state index is 0.646. The van der Waals surface area contributed by atoms with Crippen molar-refractivity contribution in [1.82, 2.24) is 10.3 Å². The van der Waals surface area contributed by atoms with Crippen LogP contribution in [0.15, 0.2) is 11.6 Å². The molecule has 0 saturated carbocycles. The van der Waals surface area contributed by atoms with E-state index in [9.17, 15) is 0 Å². The third-order valence-electron chi connectivity index (χ3n) is 2.71. The molecule has 4 heteroatoms. The number of hydrogen-bond acceptors (Lipinski definition) is 4. The van der Waals surface area contributed by atoms with Crippen LogP contribution in [0.1, 0.15) is 24.3 Å². The SMILES string of the molecule is c1csc(CCNC2CCCOCC2)n1. The predicted molar refractivity (Wildman–Crippen MR) is 62.3 cm³/mol. The Balaban J connectivity index is 1.64. The molecule has 0 bridgehead atoms. The lowest BCUT2D eigenvalue weighted by Gasteiger charge is -2.14. The van der Waals surface area contributed by atoms with Crippen LogP contribution >= 0.6 is 11.3 Å². The highest BCUT2D eigenvalue weighted by atomic mass is 32.1. The summed E-state index contributed by atoms with van der Waals surface area (Å²) in [6.07, 6.45) is 6.51. The van der Waals surface area contributed by atoms with Crippen molar-refractivity contribution in [2.24, 2.45) is 0 Å². The van der Waals surface area contributed by atoms with Crippen LogP contribution in [0.25, 0.3) is 0 Å². The third kappa shape index (κ3) is 3.89. The van der Waals surface area contributed by atoms with Crippen molar-refractivity contribution in [1.29, 1.82) is 0 Å². The molecule has 1 aromatic rings. The van der Waals surface area contributed by atoms with Crippen LogP contribution in [0, 0.1) is 0 Å². The van der Waals surface area contributed by atoms with Gasteiger partial charge in [-0.2, -0.15) is 0 Å². The minimum atomic E-state index is 0.646. The second-order valence-electron chi connectivity index (χ2n) is 3.87. The van der Waals surface area contributed by atoms with Crippen molar-refractivity contribution in [3.8, 4) is 0 Å². The lowest BCUT2D eigenvalue weighted by molar-refractivity contribution is 0.142. The van der Waals surface area contributed by atoms with E-state index in [-0.39, 0.29) is 0 Å². The summed E-state index contributed by atoms with van der Waals surface area (Å²) in [4.78, 5) is 4.27. The molecule has 0 radical (unpaired) electrons. The molecule has 1 saturated heterocycles. The van der Waals surface area contributed by atoms with Crippen molar-refractivity contribution in [2.75, 3.05) is 19.8 Å². The first-order chi connectivity index (χ1) is 7.45. The van der Waals surface area contributed by atoms with Gasteiger partial charge in [0.1, 0.15) is 0 Å². The lowest BCUT2D eigenvalue weighted by atomic mass is 10.1. The summed E-state index contributed by atoms with van der Waals surface area (Å²) in [5.41, 5.74) is 0. The highest BCUT2D eigenvalue weighted by Gasteiger charge is 2.11. The molecule has 1 N–H and O–H groups in total. The van der Waals surface area contributed by atoms with Gasteiger partial charge >= 0.3 is 0 Å². The molecule has 1 atom stereocenters. The number of aromatic nitrogens is 1. The summed E-state index contributed by atoms with van der Waals surface area (Å²) in [6.45, 7) is 2.89. The van der Waals surface area contributed by atoms with Gasteiger partial charge in [-0.05, 0) is 19.3 Å². The van der Waals surface area contributed by atoms with Gasteiger partial charge in [0.25, 0.3) is 0 Å². The van der Waals surface area contributed by atoms with E-state index in [4.69, 9.17) is 4.74 Å². The molecule has 1 aromatic heterocycles. The molecular weight excluding hydrogens is 208 g/mol. The standard InChI is InChI=1S/C11H18N2OS/c1-2-10(4-8-14-7-1)12-5-3-11-13-6-9-15-11/h6,9-10,12H,1-5,7-8H2. The van der Waals surface area contributed by atoms with Gasteiger partial charge in [0.05, 0.1) is 5.01 Å². The van der Waals surface area contributed by atoms with E-state index in [1.54, 1.807) is 11.3 Å². The van der Waals surface area contributed by atoms with Gasteiger partial charge in [-0.3, -0.25) is 0 Å². The van der Waals surface area contributed by atoms with E-state index in [1.807, 2.05) is 11.6 Å². The zero-order valence-corrected chi connectivity index (χ0v) is 9.76. The first-order valence-electron chi connectivity index (χ1n) is 5.64. The monoisotopic (exact) mass is 226 g/mol. The van der Waals surface area contributed by atoms with Crippen LogP contribution in [0.4, 0.5) is 0 Å². The Labute approximate surface area is 94.9 Å². The lowest BCUT2D eigenvalue weighted by Crippen LogP contribution is -2.31. The molecule has 15 heavy (non-hydrogen) atoms. The topological polar surface area (TPSA) is 34.1 Å². The fourth-order valence-electron chi connectivity index (χ4n) is 1.87. The molecule has 1 aliphatic rings. The predicted octanol–water partition coefficient (Wildman–Crippen LogP) is 1.84. The number of ether oxygens (including phenoxy) is 1. The Morgan fingerprint density at radius 3 is 3.33 bits per heavy atom. The molecule has 0 aromatic carbocycles. The number of nitrogens with one attached hydrogen (secondary N) is 1. The molecule has 1 fully saturated rings. The molecule has 2 heterocycles. The van der Waals surface area contributed by atoms with E-state index in [0.29, 0.717) is 6.04 Å². The first-order valence-corrected chi connectivity index (χ1v) is 6.52. The smallest absolute Gasteiger partial charge is 0.0937 e. The third-order valence-corrected chi connectivity index (χ3v) is 3.55. The van der Waals surface area contributed by atoms with Gasteiger partial charge in [0.2, 0.25) is 0 Å². The average molecular weight is 226 g/mol. The normalized spacial score (nSPS) is 22.5.